The maximum absolute atomic E-state index is 9.27. The van der Waals surface area contributed by atoms with Crippen molar-refractivity contribution in [1.82, 2.24) is 0 Å². The van der Waals surface area contributed by atoms with Crippen molar-refractivity contribution in [3.8, 4) is 0 Å². The van der Waals surface area contributed by atoms with Crippen molar-refractivity contribution >= 4 is 5.69 Å². The number of fused-ring (bicyclic) bond motifs is 1. The molecule has 1 aliphatic rings. The number of benzene rings is 1. The molecule has 1 heterocycles. The van der Waals surface area contributed by atoms with Crippen molar-refractivity contribution in [2.45, 2.75) is 45.6 Å². The van der Waals surface area contributed by atoms with Crippen LogP contribution in [0.15, 0.2) is 18.2 Å². The summed E-state index contributed by atoms with van der Waals surface area (Å²) in [6, 6.07) is 6.68. The Hall–Kier alpha value is -1.02. The highest BCUT2D eigenvalue weighted by molar-refractivity contribution is 5.60. The van der Waals surface area contributed by atoms with Crippen LogP contribution in [0.5, 0.6) is 0 Å². The molecule has 0 radical (unpaired) electrons. The molecule has 1 atom stereocenters. The van der Waals surface area contributed by atoms with Gasteiger partial charge in [-0.15, -0.1) is 0 Å². The number of nitrogens with zero attached hydrogens (tertiary/aromatic N) is 1. The zero-order valence-electron chi connectivity index (χ0n) is 11.3. The highest BCUT2D eigenvalue weighted by Gasteiger charge is 2.35. The molecule has 17 heavy (non-hydrogen) atoms. The van der Waals surface area contributed by atoms with E-state index in [-0.39, 0.29) is 12.1 Å². The van der Waals surface area contributed by atoms with Gasteiger partial charge in [-0.1, -0.05) is 19.1 Å². The molecule has 1 N–H and O–H groups in total. The van der Waals surface area contributed by atoms with Crippen molar-refractivity contribution in [3.05, 3.63) is 29.3 Å². The minimum atomic E-state index is 0.128. The number of aryl methyl sites for hydroxylation is 1. The second kappa shape index (κ2) is 4.34. The monoisotopic (exact) mass is 233 g/mol. The average molecular weight is 233 g/mol. The lowest BCUT2D eigenvalue weighted by Gasteiger charge is -2.47. The van der Waals surface area contributed by atoms with Gasteiger partial charge in [0.15, 0.2) is 0 Å². The summed E-state index contributed by atoms with van der Waals surface area (Å²) >= 11 is 0. The van der Waals surface area contributed by atoms with E-state index < -0.39 is 0 Å². The topological polar surface area (TPSA) is 23.5 Å². The minimum Gasteiger partial charge on any atom is -0.395 e. The highest BCUT2D eigenvalue weighted by Crippen LogP contribution is 2.43. The third-order valence-corrected chi connectivity index (χ3v) is 3.87. The van der Waals surface area contributed by atoms with Gasteiger partial charge in [0.25, 0.3) is 0 Å². The van der Waals surface area contributed by atoms with E-state index in [9.17, 15) is 5.11 Å². The lowest BCUT2D eigenvalue weighted by atomic mass is 9.80. The molecular weight excluding hydrogens is 210 g/mol. The second-order valence-electron chi connectivity index (χ2n) is 5.86. The molecule has 0 aromatic heterocycles. The van der Waals surface area contributed by atoms with E-state index in [2.05, 4.69) is 50.8 Å². The summed E-state index contributed by atoms with van der Waals surface area (Å²) in [6.45, 7) is 9.89. The third-order valence-electron chi connectivity index (χ3n) is 3.87. The molecule has 0 amide bonds. The van der Waals surface area contributed by atoms with E-state index in [1.807, 2.05) is 0 Å². The van der Waals surface area contributed by atoms with Gasteiger partial charge in [0.05, 0.1) is 6.61 Å². The minimum absolute atomic E-state index is 0.128. The molecule has 0 aliphatic carbocycles. The standard InChI is InChI=1S/C15H23NO/c1-11-5-6-13-12(2)10-15(3,4)16(7-8-17)14(13)9-11/h5-6,9,12,17H,7-8,10H2,1-4H3/t12-/m1/s1. The maximum Gasteiger partial charge on any atom is 0.0606 e. The number of rotatable bonds is 2. The van der Waals surface area contributed by atoms with Crippen LogP contribution in [0.25, 0.3) is 0 Å². The molecule has 0 saturated carbocycles. The number of aliphatic hydroxyl groups excluding tert-OH is 1. The molecule has 94 valence electrons. The Balaban J connectivity index is 2.50. The van der Waals surface area contributed by atoms with Crippen LogP contribution in [-0.2, 0) is 0 Å². The molecule has 1 aromatic carbocycles. The molecule has 2 heteroatoms. The van der Waals surface area contributed by atoms with Gasteiger partial charge in [-0.3, -0.25) is 0 Å². The zero-order chi connectivity index (χ0) is 12.6. The molecule has 0 bridgehead atoms. The molecular formula is C15H23NO. The van der Waals surface area contributed by atoms with Crippen LogP contribution in [0.2, 0.25) is 0 Å². The summed E-state index contributed by atoms with van der Waals surface area (Å²) in [5.74, 6) is 0.593. The predicted molar refractivity (Wildman–Crippen MR) is 72.7 cm³/mol. The number of hydrogen-bond acceptors (Lipinski definition) is 2. The summed E-state index contributed by atoms with van der Waals surface area (Å²) in [4.78, 5) is 2.36. The predicted octanol–water partition coefficient (Wildman–Crippen LogP) is 3.08. The number of anilines is 1. The molecule has 0 fully saturated rings. The van der Waals surface area contributed by atoms with Gasteiger partial charge < -0.3 is 10.0 Å². The van der Waals surface area contributed by atoms with Crippen molar-refractivity contribution in [2.24, 2.45) is 0 Å². The van der Waals surface area contributed by atoms with E-state index in [0.29, 0.717) is 5.92 Å². The number of aliphatic hydroxyl groups is 1. The van der Waals surface area contributed by atoms with Gasteiger partial charge in [-0.2, -0.15) is 0 Å². The SMILES string of the molecule is Cc1ccc2c(c1)N(CCO)C(C)(C)C[C@H]2C. The Bertz CT molecular complexity index is 411. The van der Waals surface area contributed by atoms with Crippen molar-refractivity contribution in [3.63, 3.8) is 0 Å². The van der Waals surface area contributed by atoms with Crippen LogP contribution >= 0.6 is 0 Å². The van der Waals surface area contributed by atoms with Gasteiger partial charge in [-0.05, 0) is 50.3 Å². The Kier molecular flexibility index (Phi) is 3.17. The Morgan fingerprint density at radius 3 is 2.76 bits per heavy atom. The van der Waals surface area contributed by atoms with E-state index >= 15 is 0 Å². The van der Waals surface area contributed by atoms with Gasteiger partial charge in [0.1, 0.15) is 0 Å². The van der Waals surface area contributed by atoms with Gasteiger partial charge in [0.2, 0.25) is 0 Å². The maximum atomic E-state index is 9.27. The average Bonchev–Trinajstić information content (AvgIpc) is 2.23. The van der Waals surface area contributed by atoms with E-state index in [0.717, 1.165) is 13.0 Å². The van der Waals surface area contributed by atoms with Crippen molar-refractivity contribution in [1.29, 1.82) is 0 Å². The number of β-amino-alcohol motifs (C(OH)–C–C–N with tert-alkyl or cyclic N) is 1. The third kappa shape index (κ3) is 2.19. The first kappa shape index (κ1) is 12.4. The smallest absolute Gasteiger partial charge is 0.0606 e. The van der Waals surface area contributed by atoms with Crippen LogP contribution in [0, 0.1) is 6.92 Å². The lowest BCUT2D eigenvalue weighted by Crippen LogP contribution is -2.49. The summed E-state index contributed by atoms with van der Waals surface area (Å²) in [7, 11) is 0. The summed E-state index contributed by atoms with van der Waals surface area (Å²) < 4.78 is 0. The fraction of sp³-hybridized carbons (Fsp3) is 0.600. The largest absolute Gasteiger partial charge is 0.395 e. The Morgan fingerprint density at radius 2 is 2.12 bits per heavy atom. The first-order valence-electron chi connectivity index (χ1n) is 6.45. The molecule has 0 saturated heterocycles. The first-order chi connectivity index (χ1) is 7.95. The quantitative estimate of drug-likeness (QED) is 0.848. The molecule has 2 rings (SSSR count). The number of hydrogen-bond donors (Lipinski definition) is 1. The second-order valence-corrected chi connectivity index (χ2v) is 5.86. The summed E-state index contributed by atoms with van der Waals surface area (Å²) in [6.07, 6.45) is 1.14. The molecule has 0 unspecified atom stereocenters. The van der Waals surface area contributed by atoms with Gasteiger partial charge in [-0.25, -0.2) is 0 Å². The van der Waals surface area contributed by atoms with E-state index in [1.54, 1.807) is 0 Å². The van der Waals surface area contributed by atoms with Crippen LogP contribution < -0.4 is 4.90 Å². The molecule has 1 aromatic rings. The molecule has 2 nitrogen and oxygen atoms in total. The fourth-order valence-corrected chi connectivity index (χ4v) is 3.12. The van der Waals surface area contributed by atoms with Crippen molar-refractivity contribution in [2.75, 3.05) is 18.1 Å². The van der Waals surface area contributed by atoms with E-state index in [1.165, 1.54) is 16.8 Å². The first-order valence-corrected chi connectivity index (χ1v) is 6.45. The van der Waals surface area contributed by atoms with Crippen molar-refractivity contribution < 1.29 is 5.11 Å². The zero-order valence-corrected chi connectivity index (χ0v) is 11.3. The normalized spacial score (nSPS) is 22.4. The Morgan fingerprint density at radius 1 is 1.41 bits per heavy atom. The van der Waals surface area contributed by atoms with Gasteiger partial charge >= 0.3 is 0 Å². The highest BCUT2D eigenvalue weighted by atomic mass is 16.3. The van der Waals surface area contributed by atoms with Crippen LogP contribution in [0.4, 0.5) is 5.69 Å². The van der Waals surface area contributed by atoms with E-state index in [4.69, 9.17) is 0 Å². The Labute approximate surface area is 104 Å². The molecule has 1 aliphatic heterocycles. The molecule has 0 spiro atoms. The van der Waals surface area contributed by atoms with Crippen LogP contribution in [-0.4, -0.2) is 23.8 Å². The van der Waals surface area contributed by atoms with Crippen LogP contribution in [0.1, 0.15) is 44.2 Å². The van der Waals surface area contributed by atoms with Crippen LogP contribution in [0.3, 0.4) is 0 Å². The fourth-order valence-electron chi connectivity index (χ4n) is 3.12. The van der Waals surface area contributed by atoms with Gasteiger partial charge in [0, 0.05) is 17.8 Å². The summed E-state index contributed by atoms with van der Waals surface area (Å²) in [5, 5.41) is 9.27. The lowest BCUT2D eigenvalue weighted by molar-refractivity contribution is 0.277. The summed E-state index contributed by atoms with van der Waals surface area (Å²) in [5.41, 5.74) is 4.14.